The van der Waals surface area contributed by atoms with Crippen molar-refractivity contribution in [2.45, 2.75) is 39.0 Å². The van der Waals surface area contributed by atoms with Gasteiger partial charge < -0.3 is 9.64 Å². The van der Waals surface area contributed by atoms with Crippen molar-refractivity contribution in [3.63, 3.8) is 0 Å². The van der Waals surface area contributed by atoms with Crippen molar-refractivity contribution in [2.75, 3.05) is 26.2 Å². The lowest BCUT2D eigenvalue weighted by molar-refractivity contribution is 0.140. The Morgan fingerprint density at radius 2 is 1.85 bits per heavy atom. The number of nitrogens with zero attached hydrogens (tertiary/aromatic N) is 1. The topological polar surface area (TPSA) is 12.5 Å². The van der Waals surface area contributed by atoms with E-state index in [4.69, 9.17) is 4.74 Å². The smallest absolute Gasteiger partial charge is 0.123 e. The van der Waals surface area contributed by atoms with Gasteiger partial charge in [0.25, 0.3) is 0 Å². The molecule has 20 heavy (non-hydrogen) atoms. The molecule has 0 unspecified atom stereocenters. The molecule has 1 fully saturated rings. The summed E-state index contributed by atoms with van der Waals surface area (Å²) >= 11 is 0. The lowest BCUT2D eigenvalue weighted by atomic mass is 9.97. The average molecular weight is 279 g/mol. The zero-order valence-corrected chi connectivity index (χ0v) is 12.5. The fraction of sp³-hybridized carbons (Fsp3) is 0.647. The lowest BCUT2D eigenvalue weighted by Crippen LogP contribution is -2.36. The Morgan fingerprint density at radius 3 is 2.50 bits per heavy atom. The molecule has 0 radical (unpaired) electrons. The number of halogens is 1. The van der Waals surface area contributed by atoms with Crippen molar-refractivity contribution < 1.29 is 9.13 Å². The van der Waals surface area contributed by atoms with Crippen LogP contribution in [0.3, 0.4) is 0 Å². The fourth-order valence-electron chi connectivity index (χ4n) is 2.71. The Balaban J connectivity index is 1.63. The van der Waals surface area contributed by atoms with E-state index in [-0.39, 0.29) is 5.82 Å². The number of hydrogen-bond acceptors (Lipinski definition) is 2. The van der Waals surface area contributed by atoms with Gasteiger partial charge in [0.1, 0.15) is 11.6 Å². The van der Waals surface area contributed by atoms with Gasteiger partial charge in [-0.3, -0.25) is 0 Å². The van der Waals surface area contributed by atoms with Gasteiger partial charge in [0.05, 0.1) is 6.61 Å². The Kier molecular flexibility index (Phi) is 6.31. The highest BCUT2D eigenvalue weighted by atomic mass is 19.1. The van der Waals surface area contributed by atoms with Crippen molar-refractivity contribution in [1.29, 1.82) is 0 Å². The van der Waals surface area contributed by atoms with Crippen LogP contribution in [-0.2, 0) is 0 Å². The van der Waals surface area contributed by atoms with E-state index < -0.39 is 0 Å². The van der Waals surface area contributed by atoms with Crippen molar-refractivity contribution in [1.82, 2.24) is 4.90 Å². The van der Waals surface area contributed by atoms with Crippen molar-refractivity contribution in [2.24, 2.45) is 5.92 Å². The van der Waals surface area contributed by atoms with Gasteiger partial charge in [-0.25, -0.2) is 4.39 Å². The molecule has 0 amide bonds. The van der Waals surface area contributed by atoms with Crippen LogP contribution in [0.1, 0.15) is 39.0 Å². The van der Waals surface area contributed by atoms with E-state index in [1.165, 1.54) is 63.9 Å². The summed E-state index contributed by atoms with van der Waals surface area (Å²) < 4.78 is 18.5. The van der Waals surface area contributed by atoms with E-state index in [9.17, 15) is 4.39 Å². The molecule has 0 aliphatic carbocycles. The third-order valence-corrected chi connectivity index (χ3v) is 4.08. The summed E-state index contributed by atoms with van der Waals surface area (Å²) in [4.78, 5) is 2.57. The maximum absolute atomic E-state index is 12.8. The second-order valence-corrected chi connectivity index (χ2v) is 5.76. The van der Waals surface area contributed by atoms with E-state index in [1.807, 2.05) is 0 Å². The molecular weight excluding hydrogens is 253 g/mol. The predicted molar refractivity (Wildman–Crippen MR) is 80.6 cm³/mol. The summed E-state index contributed by atoms with van der Waals surface area (Å²) in [6.45, 7) is 6.65. The molecule has 0 atom stereocenters. The minimum Gasteiger partial charge on any atom is -0.493 e. The highest BCUT2D eigenvalue weighted by Crippen LogP contribution is 2.20. The van der Waals surface area contributed by atoms with Crippen LogP contribution in [0.25, 0.3) is 0 Å². The first-order chi connectivity index (χ1) is 9.78. The Bertz CT molecular complexity index is 371. The van der Waals surface area contributed by atoms with Gasteiger partial charge in [-0.15, -0.1) is 0 Å². The molecule has 2 nitrogen and oxygen atoms in total. The van der Waals surface area contributed by atoms with Gasteiger partial charge in [0.2, 0.25) is 0 Å². The lowest BCUT2D eigenvalue weighted by Gasteiger charge is -2.31. The second kappa shape index (κ2) is 8.25. The number of hydrogen-bond donors (Lipinski definition) is 0. The molecule has 1 heterocycles. The highest BCUT2D eigenvalue weighted by molar-refractivity contribution is 5.22. The largest absolute Gasteiger partial charge is 0.493 e. The van der Waals surface area contributed by atoms with Crippen LogP contribution in [0.2, 0.25) is 0 Å². The van der Waals surface area contributed by atoms with Crippen molar-refractivity contribution >= 4 is 0 Å². The molecule has 1 aromatic carbocycles. The Labute approximate surface area is 121 Å². The van der Waals surface area contributed by atoms with Gasteiger partial charge in [-0.1, -0.05) is 19.8 Å². The number of ether oxygens (including phenoxy) is 1. The SMILES string of the molecule is CCCCCN1CCC(COc2ccc(F)cc2)CC1. The molecule has 1 aromatic rings. The number of likely N-dealkylation sites (tertiary alicyclic amines) is 1. The molecule has 0 saturated carbocycles. The van der Waals surface area contributed by atoms with E-state index >= 15 is 0 Å². The minimum absolute atomic E-state index is 0.210. The highest BCUT2D eigenvalue weighted by Gasteiger charge is 2.19. The van der Waals surface area contributed by atoms with E-state index in [1.54, 1.807) is 12.1 Å². The zero-order chi connectivity index (χ0) is 14.2. The first-order valence-corrected chi connectivity index (χ1v) is 7.88. The predicted octanol–water partition coefficient (Wildman–Crippen LogP) is 4.11. The normalized spacial score (nSPS) is 17.3. The molecule has 1 aliphatic heterocycles. The summed E-state index contributed by atoms with van der Waals surface area (Å²) in [5.74, 6) is 1.21. The number of rotatable bonds is 7. The first-order valence-electron chi connectivity index (χ1n) is 7.88. The standard InChI is InChI=1S/C17H26FNO/c1-2-3-4-11-19-12-9-15(10-13-19)14-20-17-7-5-16(18)6-8-17/h5-8,15H,2-4,9-14H2,1H3. The zero-order valence-electron chi connectivity index (χ0n) is 12.5. The molecule has 0 aromatic heterocycles. The first kappa shape index (κ1) is 15.3. The maximum Gasteiger partial charge on any atom is 0.123 e. The van der Waals surface area contributed by atoms with Crippen LogP contribution >= 0.6 is 0 Å². The van der Waals surface area contributed by atoms with Gasteiger partial charge in [-0.05, 0) is 69.1 Å². The quantitative estimate of drug-likeness (QED) is 0.697. The summed E-state index contributed by atoms with van der Waals surface area (Å²) in [6, 6.07) is 6.31. The summed E-state index contributed by atoms with van der Waals surface area (Å²) in [5.41, 5.74) is 0. The van der Waals surface area contributed by atoms with Crippen molar-refractivity contribution in [3.8, 4) is 5.75 Å². The molecule has 112 valence electrons. The number of piperidine rings is 1. The van der Waals surface area contributed by atoms with Crippen LogP contribution in [0.15, 0.2) is 24.3 Å². The molecule has 1 aliphatic rings. The average Bonchev–Trinajstić information content (AvgIpc) is 2.48. The minimum atomic E-state index is -0.210. The molecule has 0 N–H and O–H groups in total. The van der Waals surface area contributed by atoms with Gasteiger partial charge >= 0.3 is 0 Å². The third kappa shape index (κ3) is 5.12. The summed E-state index contributed by atoms with van der Waals surface area (Å²) in [5, 5.41) is 0. The summed E-state index contributed by atoms with van der Waals surface area (Å²) in [6.07, 6.45) is 6.39. The molecule has 0 bridgehead atoms. The monoisotopic (exact) mass is 279 g/mol. The van der Waals surface area contributed by atoms with E-state index in [0.717, 1.165) is 12.4 Å². The fourth-order valence-corrected chi connectivity index (χ4v) is 2.71. The van der Waals surface area contributed by atoms with Crippen LogP contribution < -0.4 is 4.74 Å². The number of benzene rings is 1. The molecule has 3 heteroatoms. The van der Waals surface area contributed by atoms with Crippen LogP contribution in [0.5, 0.6) is 5.75 Å². The summed E-state index contributed by atoms with van der Waals surface area (Å²) in [7, 11) is 0. The van der Waals surface area contributed by atoms with Gasteiger partial charge in [-0.2, -0.15) is 0 Å². The van der Waals surface area contributed by atoms with Crippen LogP contribution in [0.4, 0.5) is 4.39 Å². The van der Waals surface area contributed by atoms with Crippen LogP contribution in [-0.4, -0.2) is 31.1 Å². The Hall–Kier alpha value is -1.09. The van der Waals surface area contributed by atoms with E-state index in [0.29, 0.717) is 5.92 Å². The second-order valence-electron chi connectivity index (χ2n) is 5.76. The molecule has 2 rings (SSSR count). The number of unbranched alkanes of at least 4 members (excludes halogenated alkanes) is 2. The van der Waals surface area contributed by atoms with Gasteiger partial charge in [0.15, 0.2) is 0 Å². The van der Waals surface area contributed by atoms with E-state index in [2.05, 4.69) is 11.8 Å². The van der Waals surface area contributed by atoms with Gasteiger partial charge in [0, 0.05) is 0 Å². The molecule has 1 saturated heterocycles. The third-order valence-electron chi connectivity index (χ3n) is 4.08. The maximum atomic E-state index is 12.8. The molecular formula is C17H26FNO. The van der Waals surface area contributed by atoms with Crippen LogP contribution in [0, 0.1) is 11.7 Å². The van der Waals surface area contributed by atoms with Crippen molar-refractivity contribution in [3.05, 3.63) is 30.1 Å². The Morgan fingerprint density at radius 1 is 1.15 bits per heavy atom. The molecule has 0 spiro atoms.